The average Bonchev–Trinajstić information content (AvgIpc) is 2.26. The Morgan fingerprint density at radius 1 is 1.53 bits per heavy atom. The predicted molar refractivity (Wildman–Crippen MR) is 62.5 cm³/mol. The van der Waals surface area contributed by atoms with Crippen LogP contribution in [-0.4, -0.2) is 29.9 Å². The molecule has 1 amide bonds. The number of nitrogens with two attached hydrogens (primary N) is 1. The molecule has 1 aliphatic heterocycles. The Labute approximate surface area is 93.0 Å². The first kappa shape index (κ1) is 12.5. The van der Waals surface area contributed by atoms with Gasteiger partial charge in [0, 0.05) is 19.0 Å². The van der Waals surface area contributed by atoms with Crippen molar-refractivity contribution in [2.45, 2.75) is 52.0 Å². The summed E-state index contributed by atoms with van der Waals surface area (Å²) < 4.78 is 0. The van der Waals surface area contributed by atoms with Crippen LogP contribution in [0.3, 0.4) is 0 Å². The SMILES string of the molecule is CCC(CN)CC(=O)N1CCCCC1C. The van der Waals surface area contributed by atoms with E-state index in [1.165, 1.54) is 6.42 Å². The van der Waals surface area contributed by atoms with Crippen LogP contribution >= 0.6 is 0 Å². The van der Waals surface area contributed by atoms with E-state index in [4.69, 9.17) is 5.73 Å². The molecule has 0 aromatic carbocycles. The number of nitrogens with zero attached hydrogens (tertiary/aromatic N) is 1. The molecule has 0 saturated carbocycles. The van der Waals surface area contributed by atoms with Crippen LogP contribution in [0.4, 0.5) is 0 Å². The lowest BCUT2D eigenvalue weighted by Gasteiger charge is -2.34. The van der Waals surface area contributed by atoms with Crippen LogP contribution in [0.5, 0.6) is 0 Å². The van der Waals surface area contributed by atoms with Crippen LogP contribution in [-0.2, 0) is 4.79 Å². The van der Waals surface area contributed by atoms with E-state index < -0.39 is 0 Å². The topological polar surface area (TPSA) is 46.3 Å². The van der Waals surface area contributed by atoms with E-state index in [1.54, 1.807) is 0 Å². The Morgan fingerprint density at radius 3 is 2.80 bits per heavy atom. The second kappa shape index (κ2) is 6.11. The molecule has 1 aliphatic rings. The maximum absolute atomic E-state index is 12.0. The van der Waals surface area contributed by atoms with Crippen LogP contribution in [0.2, 0.25) is 0 Å². The summed E-state index contributed by atoms with van der Waals surface area (Å²) in [6.45, 7) is 5.83. The lowest BCUT2D eigenvalue weighted by atomic mass is 9.98. The zero-order valence-corrected chi connectivity index (χ0v) is 10.0. The zero-order chi connectivity index (χ0) is 11.3. The Kier molecular flexibility index (Phi) is 5.09. The lowest BCUT2D eigenvalue weighted by Crippen LogP contribution is -2.43. The Balaban J connectivity index is 2.44. The van der Waals surface area contributed by atoms with Crippen LogP contribution in [0.1, 0.15) is 46.0 Å². The molecule has 1 fully saturated rings. The molecule has 15 heavy (non-hydrogen) atoms. The van der Waals surface area contributed by atoms with Crippen molar-refractivity contribution in [2.75, 3.05) is 13.1 Å². The van der Waals surface area contributed by atoms with Crippen LogP contribution in [0.15, 0.2) is 0 Å². The predicted octanol–water partition coefficient (Wildman–Crippen LogP) is 1.76. The minimum atomic E-state index is 0.305. The highest BCUT2D eigenvalue weighted by Gasteiger charge is 2.24. The maximum Gasteiger partial charge on any atom is 0.223 e. The largest absolute Gasteiger partial charge is 0.340 e. The van der Waals surface area contributed by atoms with Crippen molar-refractivity contribution in [1.29, 1.82) is 0 Å². The second-order valence-corrected chi connectivity index (χ2v) is 4.65. The second-order valence-electron chi connectivity index (χ2n) is 4.65. The van der Waals surface area contributed by atoms with Crippen LogP contribution < -0.4 is 5.73 Å². The van der Waals surface area contributed by atoms with E-state index in [0.717, 1.165) is 25.8 Å². The van der Waals surface area contributed by atoms with Gasteiger partial charge in [-0.3, -0.25) is 4.79 Å². The number of hydrogen-bond acceptors (Lipinski definition) is 2. The van der Waals surface area contributed by atoms with Gasteiger partial charge in [-0.15, -0.1) is 0 Å². The summed E-state index contributed by atoms with van der Waals surface area (Å²) in [6, 6.07) is 0.432. The molecule has 88 valence electrons. The van der Waals surface area contributed by atoms with Crippen molar-refractivity contribution < 1.29 is 4.79 Å². The lowest BCUT2D eigenvalue weighted by molar-refractivity contribution is -0.135. The minimum Gasteiger partial charge on any atom is -0.340 e. The fraction of sp³-hybridized carbons (Fsp3) is 0.917. The van der Waals surface area contributed by atoms with E-state index >= 15 is 0 Å². The summed E-state index contributed by atoms with van der Waals surface area (Å²) in [6.07, 6.45) is 5.22. The molecular formula is C12H24N2O. The van der Waals surface area contributed by atoms with Crippen molar-refractivity contribution in [2.24, 2.45) is 11.7 Å². The van der Waals surface area contributed by atoms with Crippen molar-refractivity contribution in [3.63, 3.8) is 0 Å². The van der Waals surface area contributed by atoms with Crippen molar-refractivity contribution in [1.82, 2.24) is 4.90 Å². The van der Waals surface area contributed by atoms with E-state index in [1.807, 2.05) is 4.90 Å². The maximum atomic E-state index is 12.0. The molecule has 1 heterocycles. The number of likely N-dealkylation sites (tertiary alicyclic amines) is 1. The summed E-state index contributed by atoms with van der Waals surface area (Å²) in [7, 11) is 0. The third-order valence-electron chi connectivity index (χ3n) is 3.50. The molecule has 0 bridgehead atoms. The van der Waals surface area contributed by atoms with Gasteiger partial charge in [0.2, 0.25) is 5.91 Å². The summed E-state index contributed by atoms with van der Waals surface area (Å²) in [5.41, 5.74) is 5.63. The van der Waals surface area contributed by atoms with Crippen molar-refractivity contribution in [3.05, 3.63) is 0 Å². The van der Waals surface area contributed by atoms with Gasteiger partial charge in [0.15, 0.2) is 0 Å². The number of rotatable bonds is 4. The monoisotopic (exact) mass is 212 g/mol. The Morgan fingerprint density at radius 2 is 2.27 bits per heavy atom. The molecule has 1 rings (SSSR count). The number of amides is 1. The van der Waals surface area contributed by atoms with Crippen LogP contribution in [0, 0.1) is 5.92 Å². The van der Waals surface area contributed by atoms with Gasteiger partial charge in [0.1, 0.15) is 0 Å². The quantitative estimate of drug-likeness (QED) is 0.772. The van der Waals surface area contributed by atoms with Crippen molar-refractivity contribution in [3.8, 4) is 0 Å². The molecule has 0 spiro atoms. The summed E-state index contributed by atoms with van der Waals surface area (Å²) in [5.74, 6) is 0.672. The van der Waals surface area contributed by atoms with Gasteiger partial charge in [0.05, 0.1) is 0 Å². The normalized spacial score (nSPS) is 23.9. The third-order valence-corrected chi connectivity index (χ3v) is 3.50. The molecule has 2 atom stereocenters. The summed E-state index contributed by atoms with van der Waals surface area (Å²) >= 11 is 0. The third kappa shape index (κ3) is 3.49. The fourth-order valence-corrected chi connectivity index (χ4v) is 2.23. The molecule has 0 aliphatic carbocycles. The zero-order valence-electron chi connectivity index (χ0n) is 10.0. The molecule has 0 aromatic rings. The molecule has 0 aromatic heterocycles. The first-order valence-corrected chi connectivity index (χ1v) is 6.18. The minimum absolute atomic E-state index is 0.305. The van der Waals surface area contributed by atoms with Crippen molar-refractivity contribution >= 4 is 5.91 Å². The Bertz CT molecular complexity index is 202. The van der Waals surface area contributed by atoms with E-state index in [-0.39, 0.29) is 0 Å². The molecule has 2 N–H and O–H groups in total. The number of piperidine rings is 1. The molecule has 3 heteroatoms. The highest BCUT2D eigenvalue weighted by atomic mass is 16.2. The van der Waals surface area contributed by atoms with Gasteiger partial charge >= 0.3 is 0 Å². The smallest absolute Gasteiger partial charge is 0.223 e. The first-order chi connectivity index (χ1) is 7.19. The standard InChI is InChI=1S/C12H24N2O/c1-3-11(9-13)8-12(15)14-7-5-4-6-10(14)2/h10-11H,3-9,13H2,1-2H3. The van der Waals surface area contributed by atoms with Gasteiger partial charge in [0.25, 0.3) is 0 Å². The van der Waals surface area contributed by atoms with Crippen LogP contribution in [0.25, 0.3) is 0 Å². The summed E-state index contributed by atoms with van der Waals surface area (Å²) in [4.78, 5) is 14.1. The first-order valence-electron chi connectivity index (χ1n) is 6.18. The number of carbonyl (C=O) groups excluding carboxylic acids is 1. The molecular weight excluding hydrogens is 188 g/mol. The fourth-order valence-electron chi connectivity index (χ4n) is 2.23. The van der Waals surface area contributed by atoms with E-state index in [9.17, 15) is 4.79 Å². The highest BCUT2D eigenvalue weighted by molar-refractivity contribution is 5.76. The molecule has 3 nitrogen and oxygen atoms in total. The molecule has 0 radical (unpaired) electrons. The Hall–Kier alpha value is -0.570. The van der Waals surface area contributed by atoms with Gasteiger partial charge < -0.3 is 10.6 Å². The van der Waals surface area contributed by atoms with Gasteiger partial charge in [-0.05, 0) is 38.6 Å². The molecule has 2 unspecified atom stereocenters. The highest BCUT2D eigenvalue weighted by Crippen LogP contribution is 2.19. The van der Waals surface area contributed by atoms with Gasteiger partial charge in [-0.25, -0.2) is 0 Å². The van der Waals surface area contributed by atoms with Gasteiger partial charge in [-0.1, -0.05) is 13.3 Å². The average molecular weight is 212 g/mol. The van der Waals surface area contributed by atoms with E-state index in [2.05, 4.69) is 13.8 Å². The number of carbonyl (C=O) groups is 1. The van der Waals surface area contributed by atoms with Gasteiger partial charge in [-0.2, -0.15) is 0 Å². The van der Waals surface area contributed by atoms with E-state index in [0.29, 0.717) is 30.8 Å². The summed E-state index contributed by atoms with van der Waals surface area (Å²) in [5, 5.41) is 0. The molecule has 1 saturated heterocycles. The number of hydrogen-bond donors (Lipinski definition) is 1.